The van der Waals surface area contributed by atoms with Crippen molar-refractivity contribution >= 4 is 23.7 Å². The normalized spacial score (nSPS) is 31.8. The highest BCUT2D eigenvalue weighted by Crippen LogP contribution is 2.65. The Morgan fingerprint density at radius 1 is 1.12 bits per heavy atom. The lowest BCUT2D eigenvalue weighted by atomic mass is 9.63. The van der Waals surface area contributed by atoms with E-state index >= 15 is 0 Å². The molecule has 0 spiro atoms. The van der Waals surface area contributed by atoms with Gasteiger partial charge in [0.15, 0.2) is 0 Å². The van der Waals surface area contributed by atoms with Crippen LogP contribution >= 0.6 is 0 Å². The Kier molecular flexibility index (Phi) is 3.93. The molecule has 32 heavy (non-hydrogen) atoms. The van der Waals surface area contributed by atoms with E-state index in [1.807, 2.05) is 0 Å². The maximum absolute atomic E-state index is 13.0. The van der Waals surface area contributed by atoms with Crippen LogP contribution in [0.5, 0.6) is 5.75 Å². The van der Waals surface area contributed by atoms with E-state index in [1.54, 1.807) is 18.2 Å². The number of amides is 2. The average molecular weight is 433 g/mol. The quantitative estimate of drug-likeness (QED) is 0.235. The maximum Gasteiger partial charge on any atom is 0.273 e. The number of nitrogens with zero attached hydrogens (tertiary/aromatic N) is 3. The van der Waals surface area contributed by atoms with E-state index in [2.05, 4.69) is 17.3 Å². The number of nitro benzene ring substituents is 1. The van der Waals surface area contributed by atoms with Crippen LogP contribution in [-0.4, -0.2) is 35.1 Å². The zero-order valence-corrected chi connectivity index (χ0v) is 17.1. The summed E-state index contributed by atoms with van der Waals surface area (Å²) < 4.78 is 11.0. The molecule has 5 aliphatic rings. The summed E-state index contributed by atoms with van der Waals surface area (Å²) in [5, 5.41) is 16.2. The third kappa shape index (κ3) is 2.60. The summed E-state index contributed by atoms with van der Waals surface area (Å²) in [5.74, 6) is 1.39. The second-order valence-electron chi connectivity index (χ2n) is 8.73. The highest BCUT2D eigenvalue weighted by Gasteiger charge is 2.67. The summed E-state index contributed by atoms with van der Waals surface area (Å²) in [4.78, 5) is 36.4. The molecule has 2 amide bonds. The van der Waals surface area contributed by atoms with E-state index < -0.39 is 4.92 Å². The molecule has 0 radical (unpaired) electrons. The minimum absolute atomic E-state index is 0.0902. The fourth-order valence-corrected chi connectivity index (χ4v) is 5.73. The van der Waals surface area contributed by atoms with Gasteiger partial charge in [0.25, 0.3) is 17.5 Å². The second kappa shape index (κ2) is 6.62. The van der Waals surface area contributed by atoms with E-state index in [9.17, 15) is 19.7 Å². The minimum atomic E-state index is -0.501. The lowest BCUT2D eigenvalue weighted by Gasteiger charge is -2.37. The lowest BCUT2D eigenvalue weighted by Crippen LogP contribution is -2.40. The van der Waals surface area contributed by atoms with Gasteiger partial charge in [-0.15, -0.1) is 0 Å². The monoisotopic (exact) mass is 433 g/mol. The van der Waals surface area contributed by atoms with Crippen molar-refractivity contribution in [3.05, 3.63) is 58.4 Å². The number of hydrogen-bond acceptors (Lipinski definition) is 7. The zero-order chi connectivity index (χ0) is 22.1. The number of nitro groups is 1. The minimum Gasteiger partial charge on any atom is -0.496 e. The van der Waals surface area contributed by atoms with Crippen LogP contribution in [0.25, 0.3) is 11.3 Å². The van der Waals surface area contributed by atoms with Gasteiger partial charge >= 0.3 is 0 Å². The smallest absolute Gasteiger partial charge is 0.273 e. The Morgan fingerprint density at radius 2 is 1.81 bits per heavy atom. The van der Waals surface area contributed by atoms with Crippen molar-refractivity contribution in [2.75, 3.05) is 7.11 Å². The fraction of sp³-hybridized carbons (Fsp3) is 0.348. The molecule has 6 atom stereocenters. The Morgan fingerprint density at radius 3 is 2.44 bits per heavy atom. The van der Waals surface area contributed by atoms with Crippen molar-refractivity contribution in [1.29, 1.82) is 0 Å². The number of furan rings is 1. The number of methoxy groups -OCH3 is 1. The Hall–Kier alpha value is -3.75. The molecule has 0 unspecified atom stereocenters. The first kappa shape index (κ1) is 19.0. The van der Waals surface area contributed by atoms with Gasteiger partial charge in [-0.1, -0.05) is 12.2 Å². The summed E-state index contributed by atoms with van der Waals surface area (Å²) in [6.07, 6.45) is 6.70. The van der Waals surface area contributed by atoms with Crippen molar-refractivity contribution in [3.63, 3.8) is 0 Å². The molecule has 4 aliphatic carbocycles. The second-order valence-corrected chi connectivity index (χ2v) is 8.73. The molecule has 2 aromatic rings. The summed E-state index contributed by atoms with van der Waals surface area (Å²) in [6, 6.07) is 7.56. The molecule has 2 bridgehead atoms. The van der Waals surface area contributed by atoms with Gasteiger partial charge in [-0.05, 0) is 48.3 Å². The van der Waals surface area contributed by atoms with Crippen LogP contribution in [0.1, 0.15) is 12.2 Å². The molecule has 7 rings (SSSR count). The van der Waals surface area contributed by atoms with Crippen molar-refractivity contribution in [2.24, 2.45) is 40.6 Å². The summed E-state index contributed by atoms with van der Waals surface area (Å²) in [7, 11) is 1.42. The number of non-ortho nitro benzene ring substituents is 1. The van der Waals surface area contributed by atoms with Crippen molar-refractivity contribution in [3.8, 4) is 17.1 Å². The van der Waals surface area contributed by atoms with Gasteiger partial charge in [-0.3, -0.25) is 19.7 Å². The SMILES string of the molecule is COc1cc([N+](=O)[O-])ccc1-c1ccc(/C=N/N2C(=O)[C@H]3[C@@H]4C=C[C@H]([C@H]5C[C@H]45)[C@@H]3C2=O)o1. The molecule has 1 aromatic carbocycles. The standard InChI is InChI=1S/C23H19N3O6/c1-31-19-8-11(26(29)30)2-4-15(19)18-7-3-12(32-18)10-24-25-22(27)20-13-5-6-14(17-9-16(13)17)21(20)23(25)28/h2-8,10,13-14,16-17,20-21H,9H2,1H3/b24-10+/t13-,14-,16-,17-,20+,21+/m1/s1. The first-order valence-corrected chi connectivity index (χ1v) is 10.5. The van der Waals surface area contributed by atoms with Gasteiger partial charge < -0.3 is 9.15 Å². The summed E-state index contributed by atoms with van der Waals surface area (Å²) in [6.45, 7) is 0. The highest BCUT2D eigenvalue weighted by atomic mass is 16.6. The predicted octanol–water partition coefficient (Wildman–Crippen LogP) is 3.25. The maximum atomic E-state index is 13.0. The third-order valence-corrected chi connectivity index (χ3v) is 7.23. The van der Waals surface area contributed by atoms with Crippen LogP contribution in [-0.2, 0) is 9.59 Å². The Bertz CT molecular complexity index is 1190. The van der Waals surface area contributed by atoms with E-state index in [4.69, 9.17) is 9.15 Å². The van der Waals surface area contributed by atoms with E-state index in [-0.39, 0.29) is 41.2 Å². The van der Waals surface area contributed by atoms with Crippen LogP contribution in [0.4, 0.5) is 5.69 Å². The number of imide groups is 1. The molecule has 0 N–H and O–H groups in total. The first-order valence-electron chi connectivity index (χ1n) is 10.5. The van der Waals surface area contributed by atoms with Gasteiger partial charge in [-0.2, -0.15) is 10.1 Å². The average Bonchev–Trinajstić information content (AvgIpc) is 3.44. The van der Waals surface area contributed by atoms with Crippen LogP contribution < -0.4 is 4.74 Å². The van der Waals surface area contributed by atoms with Gasteiger partial charge in [-0.25, -0.2) is 0 Å². The Balaban J connectivity index is 1.24. The number of rotatable bonds is 5. The van der Waals surface area contributed by atoms with E-state index in [1.165, 1.54) is 25.5 Å². The highest BCUT2D eigenvalue weighted by molar-refractivity contribution is 6.06. The van der Waals surface area contributed by atoms with Crippen molar-refractivity contribution in [1.82, 2.24) is 5.01 Å². The third-order valence-electron chi connectivity index (χ3n) is 7.23. The van der Waals surface area contributed by atoms with Crippen LogP contribution in [0.2, 0.25) is 0 Å². The van der Waals surface area contributed by atoms with Crippen molar-refractivity contribution < 1.29 is 23.7 Å². The molecule has 1 saturated heterocycles. The molecule has 1 aromatic heterocycles. The molecule has 1 aliphatic heterocycles. The van der Waals surface area contributed by atoms with Crippen LogP contribution in [0.15, 0.2) is 52.0 Å². The van der Waals surface area contributed by atoms with Gasteiger partial charge in [0, 0.05) is 6.07 Å². The molecular weight excluding hydrogens is 414 g/mol. The molecule has 9 heteroatoms. The van der Waals surface area contributed by atoms with Crippen LogP contribution in [0.3, 0.4) is 0 Å². The molecule has 162 valence electrons. The van der Waals surface area contributed by atoms with Crippen molar-refractivity contribution in [2.45, 2.75) is 6.42 Å². The molecule has 2 saturated carbocycles. The first-order chi connectivity index (χ1) is 15.5. The van der Waals surface area contributed by atoms with Crippen LogP contribution in [0, 0.1) is 45.6 Å². The Labute approximate surface area is 182 Å². The lowest BCUT2D eigenvalue weighted by molar-refractivity contribution is -0.384. The van der Waals surface area contributed by atoms with Gasteiger partial charge in [0.1, 0.15) is 17.3 Å². The zero-order valence-electron chi connectivity index (χ0n) is 17.1. The number of carbonyl (C=O) groups is 2. The van der Waals surface area contributed by atoms with E-state index in [0.29, 0.717) is 34.7 Å². The molecule has 3 fully saturated rings. The largest absolute Gasteiger partial charge is 0.496 e. The predicted molar refractivity (Wildman–Crippen MR) is 111 cm³/mol. The topological polar surface area (TPSA) is 115 Å². The number of carbonyl (C=O) groups excluding carboxylic acids is 2. The molecule has 9 nitrogen and oxygen atoms in total. The summed E-state index contributed by atoms with van der Waals surface area (Å²) >= 11 is 0. The van der Waals surface area contributed by atoms with Gasteiger partial charge in [0.2, 0.25) is 0 Å². The number of allylic oxidation sites excluding steroid dienone is 2. The number of hydrazone groups is 1. The summed E-state index contributed by atoms with van der Waals surface area (Å²) in [5.41, 5.74) is 0.450. The fourth-order valence-electron chi connectivity index (χ4n) is 5.73. The molecular formula is C23H19N3O6. The number of hydrogen-bond donors (Lipinski definition) is 0. The number of ether oxygens (including phenoxy) is 1. The van der Waals surface area contributed by atoms with E-state index in [0.717, 1.165) is 11.4 Å². The number of benzene rings is 1. The van der Waals surface area contributed by atoms with Gasteiger partial charge in [0.05, 0.1) is 41.7 Å². The molecule has 2 heterocycles.